The van der Waals surface area contributed by atoms with Gasteiger partial charge in [0.05, 0.1) is 0 Å². The topological polar surface area (TPSA) is 182 Å². The third-order valence-electron chi connectivity index (χ3n) is 0.585. The lowest BCUT2D eigenvalue weighted by Gasteiger charge is -2.07. The van der Waals surface area contributed by atoms with Crippen LogP contribution in [-0.4, -0.2) is 41.6 Å². The highest BCUT2D eigenvalue weighted by Crippen LogP contribution is 2.36. The van der Waals surface area contributed by atoms with Crippen molar-refractivity contribution in [3.63, 3.8) is 0 Å². The molecule has 0 spiro atoms. The number of carbonyl (C=O) groups excluding carboxylic acids is 1. The van der Waals surface area contributed by atoms with Crippen LogP contribution in [0.5, 0.6) is 0 Å². The third-order valence-corrected chi connectivity index (χ3v) is 1.06. The summed E-state index contributed by atoms with van der Waals surface area (Å²) in [5.74, 6) is -0.858. The monoisotopic (exact) mass is 268 g/mol. The van der Waals surface area contributed by atoms with Gasteiger partial charge in [-0.2, -0.15) is 0 Å². The fourth-order valence-corrected chi connectivity index (χ4v) is 0.613. The molecule has 0 rings (SSSR count). The van der Waals surface area contributed by atoms with Crippen LogP contribution in [0.4, 0.5) is 0 Å². The number of phosphoric ester groups is 1. The van der Waals surface area contributed by atoms with Crippen LogP contribution < -0.4 is 0 Å². The molecule has 12 heteroatoms. The Labute approximate surface area is 83.6 Å². The summed E-state index contributed by atoms with van der Waals surface area (Å²) in [6, 6.07) is 0. The maximum Gasteiger partial charge on any atom is 0.472 e. The van der Waals surface area contributed by atoms with Gasteiger partial charge in [0, 0.05) is 0 Å². The number of phosphoric acid groups is 2. The molecule has 0 aromatic carbocycles. The summed E-state index contributed by atoms with van der Waals surface area (Å²) in [6.07, 6.45) is -2.04. The Morgan fingerprint density at radius 2 is 1.40 bits per heavy atom. The highest BCUT2D eigenvalue weighted by molar-refractivity contribution is 7.46. The lowest BCUT2D eigenvalue weighted by atomic mass is 10.4. The fraction of sp³-hybridized carbons (Fsp3) is 0.667. The normalized spacial score (nSPS) is 13.8. The zero-order valence-electron chi connectivity index (χ0n) is 7.29. The Hall–Kier alpha value is -0.150. The molecule has 0 fully saturated rings. The van der Waals surface area contributed by atoms with E-state index in [9.17, 15) is 9.36 Å². The zero-order chi connectivity index (χ0) is 12.9. The second kappa shape index (κ2) is 6.44. The maximum atomic E-state index is 10.1. The van der Waals surface area contributed by atoms with Crippen LogP contribution in [0.15, 0.2) is 0 Å². The number of aliphatic hydroxyl groups excluding tert-OH is 1. The third kappa shape index (κ3) is 24.8. The largest absolute Gasteiger partial charge is 0.472 e. The Kier molecular flexibility index (Phi) is 7.40. The summed E-state index contributed by atoms with van der Waals surface area (Å²) in [5, 5.41) is 8.40. The molecule has 0 aliphatic rings. The van der Waals surface area contributed by atoms with Crippen molar-refractivity contribution in [2.45, 2.75) is 13.2 Å². The van der Waals surface area contributed by atoms with Crippen molar-refractivity contribution >= 4 is 21.4 Å². The average Bonchev–Trinajstić information content (AvgIpc) is 1.78. The fourth-order valence-electron chi connectivity index (χ4n) is 0.204. The van der Waals surface area contributed by atoms with Crippen molar-refractivity contribution in [2.24, 2.45) is 0 Å². The first-order chi connectivity index (χ1) is 6.33. The number of aliphatic hydroxyl groups is 1. The van der Waals surface area contributed by atoms with Gasteiger partial charge in [-0.25, -0.2) is 13.7 Å². The molecular weight excluding hydrogens is 258 g/mol. The first kappa shape index (κ1) is 17.3. The van der Waals surface area contributed by atoms with Gasteiger partial charge in [0.1, 0.15) is 0 Å². The van der Waals surface area contributed by atoms with Crippen LogP contribution >= 0.6 is 15.6 Å². The minimum atomic E-state index is -4.75. The number of hydrogen-bond donors (Lipinski definition) is 6. The van der Waals surface area contributed by atoms with Crippen molar-refractivity contribution in [1.29, 1.82) is 0 Å². The Balaban J connectivity index is 0. The van der Waals surface area contributed by atoms with Crippen molar-refractivity contribution in [1.82, 2.24) is 0 Å². The maximum absolute atomic E-state index is 10.1. The molecule has 0 amide bonds. The summed E-state index contributed by atoms with van der Waals surface area (Å²) in [6.45, 7) is 0.945. The van der Waals surface area contributed by atoms with E-state index in [1.807, 2.05) is 0 Å². The molecule has 0 aromatic heterocycles. The highest BCUT2D eigenvalue weighted by Gasteiger charge is 2.22. The predicted octanol–water partition coefficient (Wildman–Crippen LogP) is -1.93. The van der Waals surface area contributed by atoms with E-state index >= 15 is 0 Å². The first-order valence-electron chi connectivity index (χ1n) is 3.03. The van der Waals surface area contributed by atoms with Gasteiger partial charge in [0.15, 0.2) is 5.78 Å². The SMILES string of the molecule is CC(=O)C(O)OP(=O)(O)O.O=P(O)(O)O. The van der Waals surface area contributed by atoms with E-state index in [1.165, 1.54) is 0 Å². The van der Waals surface area contributed by atoms with E-state index < -0.39 is 27.7 Å². The van der Waals surface area contributed by atoms with Crippen molar-refractivity contribution in [3.8, 4) is 0 Å². The molecule has 0 saturated heterocycles. The lowest BCUT2D eigenvalue weighted by Crippen LogP contribution is -2.19. The van der Waals surface area contributed by atoms with Gasteiger partial charge in [-0.15, -0.1) is 0 Å². The van der Waals surface area contributed by atoms with E-state index in [1.54, 1.807) is 0 Å². The molecule has 0 aliphatic heterocycles. The summed E-state index contributed by atoms with van der Waals surface area (Å²) >= 11 is 0. The molecule has 0 radical (unpaired) electrons. The summed E-state index contributed by atoms with van der Waals surface area (Å²) in [5.41, 5.74) is 0. The van der Waals surface area contributed by atoms with Gasteiger partial charge in [0.25, 0.3) is 0 Å². The Bertz CT molecular complexity index is 277. The van der Waals surface area contributed by atoms with Crippen molar-refractivity contribution in [2.75, 3.05) is 0 Å². The molecule has 6 N–H and O–H groups in total. The van der Waals surface area contributed by atoms with E-state index in [-0.39, 0.29) is 0 Å². The van der Waals surface area contributed by atoms with Crippen LogP contribution in [0.2, 0.25) is 0 Å². The minimum Gasteiger partial charge on any atom is -0.362 e. The molecule has 10 nitrogen and oxygen atoms in total. The average molecular weight is 268 g/mol. The molecule has 15 heavy (non-hydrogen) atoms. The molecule has 0 aromatic rings. The molecule has 1 atom stereocenters. The minimum absolute atomic E-state index is 0.858. The van der Waals surface area contributed by atoms with Crippen molar-refractivity contribution in [3.05, 3.63) is 0 Å². The van der Waals surface area contributed by atoms with E-state index in [2.05, 4.69) is 4.52 Å². The number of rotatable bonds is 3. The summed E-state index contributed by atoms with van der Waals surface area (Å²) in [4.78, 5) is 47.7. The second-order valence-corrected chi connectivity index (χ2v) is 4.29. The van der Waals surface area contributed by atoms with Crippen LogP contribution in [-0.2, 0) is 18.4 Å². The van der Waals surface area contributed by atoms with Gasteiger partial charge in [0.2, 0.25) is 6.29 Å². The Morgan fingerprint density at radius 3 is 1.47 bits per heavy atom. The van der Waals surface area contributed by atoms with Gasteiger partial charge in [-0.1, -0.05) is 0 Å². The quantitative estimate of drug-likeness (QED) is 0.249. The van der Waals surface area contributed by atoms with E-state index in [0.717, 1.165) is 6.92 Å². The lowest BCUT2D eigenvalue weighted by molar-refractivity contribution is -0.140. The van der Waals surface area contributed by atoms with Gasteiger partial charge in [-0.3, -0.25) is 4.79 Å². The molecule has 92 valence electrons. The molecule has 0 saturated carbocycles. The molecule has 0 bridgehead atoms. The molecular formula is C3H10O10P2. The highest BCUT2D eigenvalue weighted by atomic mass is 31.2. The van der Waals surface area contributed by atoms with Crippen LogP contribution in [0.1, 0.15) is 6.92 Å². The number of Topliss-reactive ketones (excluding diaryl/α,β-unsaturated/α-hetero) is 1. The summed E-state index contributed by atoms with van der Waals surface area (Å²) < 4.78 is 22.4. The van der Waals surface area contributed by atoms with E-state index in [4.69, 9.17) is 34.1 Å². The van der Waals surface area contributed by atoms with Crippen LogP contribution in [0.25, 0.3) is 0 Å². The number of carbonyl (C=O) groups is 1. The van der Waals surface area contributed by atoms with Crippen LogP contribution in [0, 0.1) is 0 Å². The van der Waals surface area contributed by atoms with Gasteiger partial charge in [-0.05, 0) is 6.92 Å². The van der Waals surface area contributed by atoms with Crippen LogP contribution in [0.3, 0.4) is 0 Å². The summed E-state index contributed by atoms with van der Waals surface area (Å²) in [7, 11) is -9.39. The Morgan fingerprint density at radius 1 is 1.13 bits per heavy atom. The molecule has 0 aliphatic carbocycles. The van der Waals surface area contributed by atoms with Crippen molar-refractivity contribution < 1.29 is 48.0 Å². The second-order valence-electron chi connectivity index (χ2n) is 2.07. The molecule has 0 heterocycles. The standard InChI is InChI=1S/C3H7O6P.H3O4P/c1-2(4)3(5)9-10(6,7)8;1-5(2,3)4/h3,5H,1H3,(H2,6,7,8);(H3,1,2,3,4). The smallest absolute Gasteiger partial charge is 0.362 e. The van der Waals surface area contributed by atoms with Gasteiger partial charge < -0.3 is 29.6 Å². The van der Waals surface area contributed by atoms with E-state index in [0.29, 0.717) is 0 Å². The zero-order valence-corrected chi connectivity index (χ0v) is 9.08. The number of ketones is 1. The first-order valence-corrected chi connectivity index (χ1v) is 6.13. The molecule has 1 unspecified atom stereocenters. The number of hydrogen-bond acceptors (Lipinski definition) is 5. The predicted molar refractivity (Wildman–Crippen MR) is 44.1 cm³/mol. The van der Waals surface area contributed by atoms with Gasteiger partial charge >= 0.3 is 15.6 Å².